The molecule has 2 fully saturated rings. The first-order chi connectivity index (χ1) is 5.85. The molecule has 1 aliphatic carbocycles. The Labute approximate surface area is 72.0 Å². The molecule has 1 saturated heterocycles. The highest BCUT2D eigenvalue weighted by Crippen LogP contribution is 2.37. The number of rotatable bonds is 1. The van der Waals surface area contributed by atoms with E-state index in [1.54, 1.807) is 0 Å². The van der Waals surface area contributed by atoms with E-state index in [9.17, 15) is 4.79 Å². The summed E-state index contributed by atoms with van der Waals surface area (Å²) in [5.74, 6) is -0.385. The van der Waals surface area contributed by atoms with Gasteiger partial charge in [-0.2, -0.15) is 0 Å². The summed E-state index contributed by atoms with van der Waals surface area (Å²) in [6, 6.07) is 0. The molecule has 1 atom stereocenters. The normalized spacial score (nSPS) is 33.8. The third-order valence-corrected chi connectivity index (χ3v) is 2.64. The van der Waals surface area contributed by atoms with Gasteiger partial charge in [-0.25, -0.2) is 0 Å². The van der Waals surface area contributed by atoms with Gasteiger partial charge in [0.05, 0.1) is 6.61 Å². The van der Waals surface area contributed by atoms with E-state index < -0.39 is 0 Å². The van der Waals surface area contributed by atoms with Crippen LogP contribution in [0.25, 0.3) is 0 Å². The third-order valence-electron chi connectivity index (χ3n) is 2.64. The van der Waals surface area contributed by atoms with E-state index in [4.69, 9.17) is 9.47 Å². The van der Waals surface area contributed by atoms with Crippen molar-refractivity contribution in [2.45, 2.75) is 44.0 Å². The smallest absolute Gasteiger partial charge is 0.169 e. The van der Waals surface area contributed by atoms with E-state index >= 15 is 0 Å². The predicted octanol–water partition coefficient (Wildman–Crippen LogP) is 1.26. The maximum Gasteiger partial charge on any atom is 0.169 e. The van der Waals surface area contributed by atoms with Crippen LogP contribution >= 0.6 is 0 Å². The van der Waals surface area contributed by atoms with E-state index in [-0.39, 0.29) is 11.9 Å². The highest BCUT2D eigenvalue weighted by atomic mass is 16.7. The molecule has 68 valence electrons. The molecule has 2 aliphatic rings. The van der Waals surface area contributed by atoms with Gasteiger partial charge in [-0.05, 0) is 12.8 Å². The van der Waals surface area contributed by atoms with Crippen LogP contribution in [-0.4, -0.2) is 24.8 Å². The van der Waals surface area contributed by atoms with Gasteiger partial charge in [0.15, 0.2) is 12.1 Å². The molecular formula is C9H14O3. The number of carbonyl (C=O) groups excluding carboxylic acids is 1. The first kappa shape index (κ1) is 8.20. The van der Waals surface area contributed by atoms with Crippen LogP contribution in [0.4, 0.5) is 0 Å². The number of carbonyl (C=O) groups is 1. The van der Waals surface area contributed by atoms with Crippen LogP contribution < -0.4 is 0 Å². The fourth-order valence-corrected chi connectivity index (χ4v) is 2.00. The SMILES string of the molecule is O=CC1COC2(CCCCC2)O1. The summed E-state index contributed by atoms with van der Waals surface area (Å²) in [4.78, 5) is 10.4. The average molecular weight is 170 g/mol. The molecule has 0 aromatic heterocycles. The highest BCUT2D eigenvalue weighted by Gasteiger charge is 2.41. The average Bonchev–Trinajstić information content (AvgIpc) is 2.50. The monoisotopic (exact) mass is 170 g/mol. The van der Waals surface area contributed by atoms with E-state index in [0.717, 1.165) is 32.0 Å². The number of aldehydes is 1. The van der Waals surface area contributed by atoms with Gasteiger partial charge in [-0.1, -0.05) is 6.42 Å². The summed E-state index contributed by atoms with van der Waals surface area (Å²) >= 11 is 0. The van der Waals surface area contributed by atoms with Crippen LogP contribution in [0.1, 0.15) is 32.1 Å². The molecule has 0 aromatic carbocycles. The molecule has 0 bridgehead atoms. The zero-order valence-corrected chi connectivity index (χ0v) is 7.12. The fourth-order valence-electron chi connectivity index (χ4n) is 2.00. The minimum Gasteiger partial charge on any atom is -0.347 e. The standard InChI is InChI=1S/C9H14O3/c10-6-8-7-11-9(12-8)4-2-1-3-5-9/h6,8H,1-5,7H2. The third kappa shape index (κ3) is 1.39. The number of ether oxygens (including phenoxy) is 2. The van der Waals surface area contributed by atoms with Crippen LogP contribution in [0.15, 0.2) is 0 Å². The van der Waals surface area contributed by atoms with Gasteiger partial charge in [-0.3, -0.25) is 0 Å². The van der Waals surface area contributed by atoms with Crippen molar-refractivity contribution in [1.82, 2.24) is 0 Å². The molecule has 0 aromatic rings. The topological polar surface area (TPSA) is 35.5 Å². The molecule has 1 spiro atoms. The Morgan fingerprint density at radius 1 is 1.25 bits per heavy atom. The van der Waals surface area contributed by atoms with Crippen LogP contribution in [0, 0.1) is 0 Å². The minimum absolute atomic E-state index is 0.317. The van der Waals surface area contributed by atoms with Gasteiger partial charge in [0, 0.05) is 12.8 Å². The van der Waals surface area contributed by atoms with Crippen LogP contribution in [-0.2, 0) is 14.3 Å². The fraction of sp³-hybridized carbons (Fsp3) is 0.889. The lowest BCUT2D eigenvalue weighted by Gasteiger charge is -2.31. The molecular weight excluding hydrogens is 156 g/mol. The largest absolute Gasteiger partial charge is 0.347 e. The predicted molar refractivity (Wildman–Crippen MR) is 42.7 cm³/mol. The first-order valence-electron chi connectivity index (χ1n) is 4.62. The van der Waals surface area contributed by atoms with Gasteiger partial charge >= 0.3 is 0 Å². The van der Waals surface area contributed by atoms with Crippen molar-refractivity contribution in [1.29, 1.82) is 0 Å². The highest BCUT2D eigenvalue weighted by molar-refractivity contribution is 5.56. The maximum absolute atomic E-state index is 10.4. The second-order valence-electron chi connectivity index (χ2n) is 3.57. The second kappa shape index (κ2) is 3.15. The van der Waals surface area contributed by atoms with Crippen molar-refractivity contribution in [2.75, 3.05) is 6.61 Å². The van der Waals surface area contributed by atoms with Crippen molar-refractivity contribution in [2.24, 2.45) is 0 Å². The van der Waals surface area contributed by atoms with Gasteiger partial charge in [0.2, 0.25) is 0 Å². The lowest BCUT2D eigenvalue weighted by molar-refractivity contribution is -0.186. The molecule has 3 nitrogen and oxygen atoms in total. The Morgan fingerprint density at radius 3 is 2.58 bits per heavy atom. The molecule has 2 rings (SSSR count). The minimum atomic E-state index is -0.385. The van der Waals surface area contributed by atoms with Crippen molar-refractivity contribution in [3.63, 3.8) is 0 Å². The van der Waals surface area contributed by atoms with E-state index in [1.165, 1.54) is 6.42 Å². The van der Waals surface area contributed by atoms with Crippen molar-refractivity contribution in [3.05, 3.63) is 0 Å². The molecule has 1 unspecified atom stereocenters. The van der Waals surface area contributed by atoms with Crippen molar-refractivity contribution in [3.8, 4) is 0 Å². The zero-order valence-electron chi connectivity index (χ0n) is 7.12. The molecule has 1 saturated carbocycles. The van der Waals surface area contributed by atoms with E-state index in [0.29, 0.717) is 6.61 Å². The lowest BCUT2D eigenvalue weighted by atomic mass is 9.94. The first-order valence-corrected chi connectivity index (χ1v) is 4.62. The number of hydrogen-bond donors (Lipinski definition) is 0. The molecule has 3 heteroatoms. The summed E-state index contributed by atoms with van der Waals surface area (Å²) in [5.41, 5.74) is 0. The van der Waals surface area contributed by atoms with Crippen LogP contribution in [0.2, 0.25) is 0 Å². The van der Waals surface area contributed by atoms with Crippen molar-refractivity contribution < 1.29 is 14.3 Å². The Kier molecular flexibility index (Phi) is 2.15. The zero-order chi connectivity index (χ0) is 8.44. The molecule has 0 radical (unpaired) electrons. The van der Waals surface area contributed by atoms with Crippen LogP contribution in [0.5, 0.6) is 0 Å². The number of hydrogen-bond acceptors (Lipinski definition) is 3. The van der Waals surface area contributed by atoms with Crippen LogP contribution in [0.3, 0.4) is 0 Å². The Morgan fingerprint density at radius 2 is 2.00 bits per heavy atom. The Hall–Kier alpha value is -0.410. The summed E-state index contributed by atoms with van der Waals surface area (Å²) in [6.45, 7) is 0.448. The van der Waals surface area contributed by atoms with Gasteiger partial charge in [0.1, 0.15) is 6.10 Å². The Bertz CT molecular complexity index is 173. The van der Waals surface area contributed by atoms with Gasteiger partial charge in [-0.15, -0.1) is 0 Å². The molecule has 0 amide bonds. The van der Waals surface area contributed by atoms with Gasteiger partial charge in [0.25, 0.3) is 0 Å². The maximum atomic E-state index is 10.4. The lowest BCUT2D eigenvalue weighted by Crippen LogP contribution is -2.33. The Balaban J connectivity index is 1.98. The second-order valence-corrected chi connectivity index (χ2v) is 3.57. The quantitative estimate of drug-likeness (QED) is 0.556. The summed E-state index contributed by atoms with van der Waals surface area (Å²) in [7, 11) is 0. The summed E-state index contributed by atoms with van der Waals surface area (Å²) in [5, 5.41) is 0. The van der Waals surface area contributed by atoms with E-state index in [2.05, 4.69) is 0 Å². The van der Waals surface area contributed by atoms with Gasteiger partial charge < -0.3 is 14.3 Å². The van der Waals surface area contributed by atoms with E-state index in [1.807, 2.05) is 0 Å². The molecule has 1 heterocycles. The molecule has 1 aliphatic heterocycles. The molecule has 12 heavy (non-hydrogen) atoms. The van der Waals surface area contributed by atoms with Crippen molar-refractivity contribution >= 4 is 6.29 Å². The molecule has 0 N–H and O–H groups in total. The summed E-state index contributed by atoms with van der Waals surface area (Å²) < 4.78 is 11.1. The summed E-state index contributed by atoms with van der Waals surface area (Å²) in [6.07, 6.45) is 6.01.